The Morgan fingerprint density at radius 1 is 1.36 bits per heavy atom. The quantitative estimate of drug-likeness (QED) is 0.793. The van der Waals surface area contributed by atoms with E-state index in [1.807, 2.05) is 18.2 Å². The van der Waals surface area contributed by atoms with Crippen LogP contribution in [0, 0.1) is 0 Å². The molecule has 74 valence electrons. The van der Waals surface area contributed by atoms with Crippen molar-refractivity contribution in [2.45, 2.75) is 6.42 Å². The first kappa shape index (κ1) is 9.09. The van der Waals surface area contributed by atoms with Gasteiger partial charge in [-0.3, -0.25) is 0 Å². The molecule has 0 spiro atoms. The molecule has 1 N–H and O–H groups in total. The third-order valence-corrected chi connectivity index (χ3v) is 2.19. The second-order valence-corrected chi connectivity index (χ2v) is 3.15. The molecule has 3 nitrogen and oxygen atoms in total. The van der Waals surface area contributed by atoms with E-state index in [0.717, 1.165) is 22.6 Å². The first-order valence-corrected chi connectivity index (χ1v) is 4.50. The zero-order valence-corrected chi connectivity index (χ0v) is 7.82. The van der Waals surface area contributed by atoms with E-state index in [1.165, 1.54) is 0 Å². The van der Waals surface area contributed by atoms with Gasteiger partial charge in [-0.15, -0.1) is 0 Å². The number of fused-ring (bicyclic) bond motifs is 1. The number of ether oxygens (including phenoxy) is 2. The minimum Gasteiger partial charge on any atom is -0.454 e. The molecule has 2 rings (SSSR count). The minimum atomic E-state index is 0.118. The number of hydrogen-bond donors (Lipinski definition) is 1. The van der Waals surface area contributed by atoms with Crippen molar-refractivity contribution in [3.63, 3.8) is 0 Å². The maximum Gasteiger partial charge on any atom is 0.231 e. The molecule has 1 aliphatic heterocycles. The lowest BCUT2D eigenvalue weighted by molar-refractivity contribution is 0.174. The minimum absolute atomic E-state index is 0.118. The van der Waals surface area contributed by atoms with Gasteiger partial charge in [0, 0.05) is 6.61 Å². The van der Waals surface area contributed by atoms with E-state index < -0.39 is 0 Å². The normalized spacial score (nSPS) is 12.9. The highest BCUT2D eigenvalue weighted by molar-refractivity contribution is 5.66. The maximum atomic E-state index is 8.77. The summed E-state index contributed by atoms with van der Waals surface area (Å²) in [6.45, 7) is 4.29. The molecule has 0 amide bonds. The Balaban J connectivity index is 2.24. The molecule has 1 aromatic rings. The van der Waals surface area contributed by atoms with Crippen LogP contribution in [0.5, 0.6) is 11.5 Å². The average molecular weight is 192 g/mol. The lowest BCUT2D eigenvalue weighted by Gasteiger charge is -2.04. The summed E-state index contributed by atoms with van der Waals surface area (Å²) in [5.41, 5.74) is 1.90. The second kappa shape index (κ2) is 3.72. The summed E-state index contributed by atoms with van der Waals surface area (Å²) in [6.07, 6.45) is 0.583. The molecule has 1 heterocycles. The van der Waals surface area contributed by atoms with Crippen molar-refractivity contribution >= 4 is 5.57 Å². The van der Waals surface area contributed by atoms with Crippen LogP contribution < -0.4 is 9.47 Å². The van der Waals surface area contributed by atoms with Gasteiger partial charge in [0.2, 0.25) is 6.79 Å². The molecular formula is C11H12O3. The van der Waals surface area contributed by atoms with Crippen molar-refractivity contribution in [2.24, 2.45) is 0 Å². The Hall–Kier alpha value is -1.48. The molecule has 0 fully saturated rings. The third-order valence-electron chi connectivity index (χ3n) is 2.19. The third kappa shape index (κ3) is 1.59. The Bertz CT molecular complexity index is 358. The van der Waals surface area contributed by atoms with Crippen LogP contribution in [0.1, 0.15) is 12.0 Å². The summed E-state index contributed by atoms with van der Waals surface area (Å²) in [6, 6.07) is 5.67. The highest BCUT2D eigenvalue weighted by atomic mass is 16.7. The van der Waals surface area contributed by atoms with Crippen LogP contribution in [0.25, 0.3) is 5.57 Å². The summed E-state index contributed by atoms with van der Waals surface area (Å²) in [7, 11) is 0. The van der Waals surface area contributed by atoms with Crippen molar-refractivity contribution in [1.82, 2.24) is 0 Å². The number of rotatable bonds is 3. The van der Waals surface area contributed by atoms with Gasteiger partial charge < -0.3 is 14.6 Å². The standard InChI is InChI=1S/C11H12O3/c1-8(4-5-12)9-2-3-10-11(6-9)14-7-13-10/h2-3,6,12H,1,4-5,7H2. The molecule has 0 bridgehead atoms. The molecule has 0 unspecified atom stereocenters. The summed E-state index contributed by atoms with van der Waals surface area (Å²) >= 11 is 0. The van der Waals surface area contributed by atoms with Gasteiger partial charge in [0.15, 0.2) is 11.5 Å². The van der Waals surface area contributed by atoms with Crippen LogP contribution >= 0.6 is 0 Å². The number of aliphatic hydroxyl groups is 1. The van der Waals surface area contributed by atoms with E-state index in [2.05, 4.69) is 6.58 Å². The van der Waals surface area contributed by atoms with Crippen LogP contribution in [-0.4, -0.2) is 18.5 Å². The predicted molar refractivity (Wildman–Crippen MR) is 53.3 cm³/mol. The van der Waals surface area contributed by atoms with Gasteiger partial charge in [-0.2, -0.15) is 0 Å². The Kier molecular flexibility index (Phi) is 2.41. The summed E-state index contributed by atoms with van der Waals surface area (Å²) in [5.74, 6) is 1.52. The molecule has 0 aliphatic carbocycles. The lowest BCUT2D eigenvalue weighted by Crippen LogP contribution is -1.93. The smallest absolute Gasteiger partial charge is 0.231 e. The van der Waals surface area contributed by atoms with E-state index in [4.69, 9.17) is 14.6 Å². The van der Waals surface area contributed by atoms with Crippen molar-refractivity contribution in [2.75, 3.05) is 13.4 Å². The van der Waals surface area contributed by atoms with Crippen LogP contribution in [0.2, 0.25) is 0 Å². The molecule has 1 aromatic carbocycles. The van der Waals surface area contributed by atoms with Gasteiger partial charge in [0.1, 0.15) is 0 Å². The number of aliphatic hydroxyl groups excluding tert-OH is 1. The topological polar surface area (TPSA) is 38.7 Å². The first-order valence-electron chi connectivity index (χ1n) is 4.50. The maximum absolute atomic E-state index is 8.77. The van der Waals surface area contributed by atoms with Gasteiger partial charge in [0.25, 0.3) is 0 Å². The monoisotopic (exact) mass is 192 g/mol. The fraction of sp³-hybridized carbons (Fsp3) is 0.273. The number of hydrogen-bond acceptors (Lipinski definition) is 3. The van der Waals surface area contributed by atoms with Crippen molar-refractivity contribution in [3.05, 3.63) is 30.3 Å². The van der Waals surface area contributed by atoms with E-state index >= 15 is 0 Å². The van der Waals surface area contributed by atoms with E-state index in [-0.39, 0.29) is 13.4 Å². The van der Waals surface area contributed by atoms with Gasteiger partial charge in [-0.25, -0.2) is 0 Å². The molecular weight excluding hydrogens is 180 g/mol. The van der Waals surface area contributed by atoms with Crippen molar-refractivity contribution in [3.8, 4) is 11.5 Å². The second-order valence-electron chi connectivity index (χ2n) is 3.15. The average Bonchev–Trinajstić information content (AvgIpc) is 2.64. The highest BCUT2D eigenvalue weighted by Gasteiger charge is 2.13. The van der Waals surface area contributed by atoms with Crippen LogP contribution in [0.3, 0.4) is 0 Å². The molecule has 0 aromatic heterocycles. The molecule has 14 heavy (non-hydrogen) atoms. The zero-order chi connectivity index (χ0) is 9.97. The molecule has 3 heteroatoms. The SMILES string of the molecule is C=C(CCO)c1ccc2c(c1)OCO2. The summed E-state index contributed by atoms with van der Waals surface area (Å²) in [5, 5.41) is 8.77. The van der Waals surface area contributed by atoms with E-state index in [1.54, 1.807) is 0 Å². The molecule has 0 radical (unpaired) electrons. The van der Waals surface area contributed by atoms with Gasteiger partial charge in [-0.1, -0.05) is 12.6 Å². The predicted octanol–water partition coefficient (Wildman–Crippen LogP) is 1.81. The van der Waals surface area contributed by atoms with Crippen molar-refractivity contribution in [1.29, 1.82) is 0 Å². The molecule has 0 saturated carbocycles. The molecule has 1 aliphatic rings. The van der Waals surface area contributed by atoms with E-state index in [9.17, 15) is 0 Å². The van der Waals surface area contributed by atoms with E-state index in [0.29, 0.717) is 6.42 Å². The Labute approximate surface area is 82.6 Å². The Morgan fingerprint density at radius 2 is 2.14 bits per heavy atom. The van der Waals surface area contributed by atoms with Crippen molar-refractivity contribution < 1.29 is 14.6 Å². The largest absolute Gasteiger partial charge is 0.454 e. The highest BCUT2D eigenvalue weighted by Crippen LogP contribution is 2.34. The van der Waals surface area contributed by atoms with Gasteiger partial charge in [-0.05, 0) is 29.7 Å². The fourth-order valence-electron chi connectivity index (χ4n) is 1.40. The summed E-state index contributed by atoms with van der Waals surface area (Å²) in [4.78, 5) is 0. The van der Waals surface area contributed by atoms with Crippen LogP contribution in [0.4, 0.5) is 0 Å². The Morgan fingerprint density at radius 3 is 2.93 bits per heavy atom. The summed E-state index contributed by atoms with van der Waals surface area (Å²) < 4.78 is 10.4. The van der Waals surface area contributed by atoms with Crippen LogP contribution in [-0.2, 0) is 0 Å². The molecule has 0 atom stereocenters. The van der Waals surface area contributed by atoms with Gasteiger partial charge >= 0.3 is 0 Å². The first-order chi connectivity index (χ1) is 6.81. The zero-order valence-electron chi connectivity index (χ0n) is 7.82. The van der Waals surface area contributed by atoms with Crippen LogP contribution in [0.15, 0.2) is 24.8 Å². The number of benzene rings is 1. The lowest BCUT2D eigenvalue weighted by atomic mass is 10.0. The molecule has 0 saturated heterocycles. The van der Waals surface area contributed by atoms with Gasteiger partial charge in [0.05, 0.1) is 0 Å². The fourth-order valence-corrected chi connectivity index (χ4v) is 1.40.